The van der Waals surface area contributed by atoms with Crippen LogP contribution in [0.5, 0.6) is 0 Å². The molecule has 0 saturated heterocycles. The molecule has 1 unspecified atom stereocenters. The Hall–Kier alpha value is -1.12. The Morgan fingerprint density at radius 1 is 1.36 bits per heavy atom. The maximum atomic E-state index is 5.97. The van der Waals surface area contributed by atoms with Crippen LogP contribution >= 0.6 is 35.3 Å². The van der Waals surface area contributed by atoms with Crippen LogP contribution in [-0.2, 0) is 16.8 Å². The summed E-state index contributed by atoms with van der Waals surface area (Å²) >= 11 is 1.79. The van der Waals surface area contributed by atoms with Gasteiger partial charge in [0, 0.05) is 17.0 Å². The lowest BCUT2D eigenvalue weighted by Crippen LogP contribution is -2.36. The molecule has 0 bridgehead atoms. The lowest BCUT2D eigenvalue weighted by Gasteiger charge is -2.33. The second-order valence-electron chi connectivity index (χ2n) is 5.28. The van der Waals surface area contributed by atoms with Crippen LogP contribution in [0.1, 0.15) is 17.4 Å². The van der Waals surface area contributed by atoms with Crippen molar-refractivity contribution in [2.45, 2.75) is 18.9 Å². The number of nitrogens with one attached hydrogen (secondary N) is 1. The van der Waals surface area contributed by atoms with E-state index < -0.39 is 0 Å². The normalized spacial score (nSPS) is 20.9. The van der Waals surface area contributed by atoms with Crippen molar-refractivity contribution in [1.82, 2.24) is 0 Å². The zero-order valence-electron chi connectivity index (χ0n) is 12.4. The third-order valence-electron chi connectivity index (χ3n) is 3.66. The number of aliphatic imine (C=N–C) groups is 1. The highest BCUT2D eigenvalue weighted by molar-refractivity contribution is 14.0. The van der Waals surface area contributed by atoms with Gasteiger partial charge in [-0.15, -0.1) is 35.3 Å². The van der Waals surface area contributed by atoms with Gasteiger partial charge >= 0.3 is 0 Å². The number of ether oxygens (including phenoxy) is 1. The van der Waals surface area contributed by atoms with Crippen LogP contribution in [-0.4, -0.2) is 19.1 Å². The van der Waals surface area contributed by atoms with Crippen LogP contribution in [0, 0.1) is 0 Å². The van der Waals surface area contributed by atoms with E-state index in [4.69, 9.17) is 10.5 Å². The average Bonchev–Trinajstić information content (AvgIpc) is 2.97. The van der Waals surface area contributed by atoms with Gasteiger partial charge in [-0.25, -0.2) is 4.99 Å². The van der Waals surface area contributed by atoms with Crippen LogP contribution in [0.15, 0.2) is 46.8 Å². The van der Waals surface area contributed by atoms with Gasteiger partial charge in [0.25, 0.3) is 0 Å². The first kappa shape index (κ1) is 17.2. The number of hydrogen-bond donors (Lipinski definition) is 2. The molecule has 118 valence electrons. The minimum absolute atomic E-state index is 0. The van der Waals surface area contributed by atoms with Gasteiger partial charge < -0.3 is 15.8 Å². The summed E-state index contributed by atoms with van der Waals surface area (Å²) in [5.41, 5.74) is 7.76. The fourth-order valence-corrected chi connectivity index (χ4v) is 3.51. The van der Waals surface area contributed by atoms with Crippen molar-refractivity contribution in [3.05, 3.63) is 52.2 Å². The number of nitrogens with zero attached hydrogens (tertiary/aromatic N) is 1. The first-order chi connectivity index (χ1) is 10.2. The second kappa shape index (κ2) is 7.43. The number of anilines is 1. The van der Waals surface area contributed by atoms with Crippen molar-refractivity contribution in [3.63, 3.8) is 0 Å². The van der Waals surface area contributed by atoms with Gasteiger partial charge in [0.05, 0.1) is 13.2 Å². The molecule has 0 spiro atoms. The van der Waals surface area contributed by atoms with E-state index in [1.54, 1.807) is 11.3 Å². The van der Waals surface area contributed by atoms with E-state index in [-0.39, 0.29) is 29.6 Å². The Kier molecular flexibility index (Phi) is 5.82. The highest BCUT2D eigenvalue weighted by Gasteiger charge is 2.33. The van der Waals surface area contributed by atoms with Gasteiger partial charge in [0.1, 0.15) is 5.60 Å². The van der Waals surface area contributed by atoms with E-state index in [1.165, 1.54) is 10.4 Å². The molecule has 2 heterocycles. The Bertz CT molecular complexity index is 644. The molecule has 22 heavy (non-hydrogen) atoms. The highest BCUT2D eigenvalue weighted by atomic mass is 127. The van der Waals surface area contributed by atoms with Gasteiger partial charge in [-0.05, 0) is 36.1 Å². The standard InChI is InChI=1S/C16H19N3OS.HI/c1-16(13-8-10-21-14(13)7-9-20-16)11-18-15(17)19-12-5-3-2-4-6-12;/h2-6,8,10H,7,9,11H2,1H3,(H3,17,18,19);1H. The van der Waals surface area contributed by atoms with E-state index in [2.05, 4.69) is 28.7 Å². The second-order valence-corrected chi connectivity index (χ2v) is 6.28. The van der Waals surface area contributed by atoms with Crippen molar-refractivity contribution in [2.75, 3.05) is 18.5 Å². The summed E-state index contributed by atoms with van der Waals surface area (Å²) in [4.78, 5) is 5.85. The van der Waals surface area contributed by atoms with E-state index in [0.29, 0.717) is 12.5 Å². The highest BCUT2D eigenvalue weighted by Crippen LogP contribution is 2.36. The first-order valence-corrected chi connectivity index (χ1v) is 7.88. The average molecular weight is 429 g/mol. The number of halogens is 1. The minimum atomic E-state index is -0.378. The van der Waals surface area contributed by atoms with E-state index in [9.17, 15) is 0 Å². The number of nitrogens with two attached hydrogens (primary N) is 1. The topological polar surface area (TPSA) is 59.6 Å². The molecule has 0 saturated carbocycles. The zero-order valence-corrected chi connectivity index (χ0v) is 15.6. The molecule has 1 aromatic heterocycles. The van der Waals surface area contributed by atoms with Gasteiger partial charge in [-0.3, -0.25) is 0 Å². The Morgan fingerprint density at radius 2 is 2.14 bits per heavy atom. The molecule has 0 radical (unpaired) electrons. The van der Waals surface area contributed by atoms with Crippen molar-refractivity contribution >= 4 is 47.0 Å². The lowest BCUT2D eigenvalue weighted by atomic mass is 9.93. The van der Waals surface area contributed by atoms with E-state index >= 15 is 0 Å². The van der Waals surface area contributed by atoms with Crippen LogP contribution in [0.3, 0.4) is 0 Å². The predicted octanol–water partition coefficient (Wildman–Crippen LogP) is 3.58. The van der Waals surface area contributed by atoms with Crippen molar-refractivity contribution < 1.29 is 4.74 Å². The Morgan fingerprint density at radius 3 is 2.91 bits per heavy atom. The monoisotopic (exact) mass is 429 g/mol. The summed E-state index contributed by atoms with van der Waals surface area (Å²) < 4.78 is 5.97. The fourth-order valence-electron chi connectivity index (χ4n) is 2.53. The largest absolute Gasteiger partial charge is 0.370 e. The van der Waals surface area contributed by atoms with Gasteiger partial charge in [-0.2, -0.15) is 0 Å². The molecule has 4 nitrogen and oxygen atoms in total. The third kappa shape index (κ3) is 3.80. The SMILES string of the molecule is CC1(CN=C(N)Nc2ccccc2)OCCc2sccc21.I. The quantitative estimate of drug-likeness (QED) is 0.446. The number of hydrogen-bond acceptors (Lipinski definition) is 3. The molecule has 3 rings (SSSR count). The summed E-state index contributed by atoms with van der Waals surface area (Å²) in [5.74, 6) is 0.411. The Labute approximate surface area is 151 Å². The molecule has 1 aliphatic heterocycles. The van der Waals surface area contributed by atoms with Crippen molar-refractivity contribution in [3.8, 4) is 0 Å². The first-order valence-electron chi connectivity index (χ1n) is 7.00. The molecule has 2 aromatic rings. The lowest BCUT2D eigenvalue weighted by molar-refractivity contribution is -0.0374. The number of fused-ring (bicyclic) bond motifs is 1. The molecule has 1 aliphatic rings. The number of para-hydroxylation sites is 1. The smallest absolute Gasteiger partial charge is 0.193 e. The molecule has 6 heteroatoms. The molecule has 0 amide bonds. The van der Waals surface area contributed by atoms with Crippen LogP contribution in [0.4, 0.5) is 5.69 Å². The van der Waals surface area contributed by atoms with Crippen LogP contribution < -0.4 is 11.1 Å². The molecule has 0 aliphatic carbocycles. The summed E-state index contributed by atoms with van der Waals surface area (Å²) in [6.45, 7) is 3.34. The van der Waals surface area contributed by atoms with Crippen molar-refractivity contribution in [1.29, 1.82) is 0 Å². The molecular formula is C16H20IN3OS. The summed E-state index contributed by atoms with van der Waals surface area (Å²) in [7, 11) is 0. The van der Waals surface area contributed by atoms with Crippen LogP contribution in [0.2, 0.25) is 0 Å². The van der Waals surface area contributed by atoms with Gasteiger partial charge in [0.15, 0.2) is 5.96 Å². The summed E-state index contributed by atoms with van der Waals surface area (Å²) in [6.07, 6.45) is 0.990. The maximum absolute atomic E-state index is 5.97. The van der Waals surface area contributed by atoms with Crippen LogP contribution in [0.25, 0.3) is 0 Å². The third-order valence-corrected chi connectivity index (χ3v) is 4.64. The maximum Gasteiger partial charge on any atom is 0.193 e. The molecule has 1 aromatic carbocycles. The summed E-state index contributed by atoms with van der Waals surface area (Å²) in [6, 6.07) is 11.9. The number of guanidine groups is 1. The minimum Gasteiger partial charge on any atom is -0.370 e. The van der Waals surface area contributed by atoms with E-state index in [1.807, 2.05) is 30.3 Å². The number of benzene rings is 1. The fraction of sp³-hybridized carbons (Fsp3) is 0.312. The molecule has 1 atom stereocenters. The molecule has 3 N–H and O–H groups in total. The van der Waals surface area contributed by atoms with Crippen molar-refractivity contribution in [2.24, 2.45) is 10.7 Å². The van der Waals surface area contributed by atoms with Gasteiger partial charge in [-0.1, -0.05) is 18.2 Å². The van der Waals surface area contributed by atoms with Gasteiger partial charge in [0.2, 0.25) is 0 Å². The predicted molar refractivity (Wildman–Crippen MR) is 103 cm³/mol. The van der Waals surface area contributed by atoms with E-state index in [0.717, 1.165) is 18.7 Å². The molecular weight excluding hydrogens is 409 g/mol. The molecule has 0 fully saturated rings. The summed E-state index contributed by atoms with van der Waals surface area (Å²) in [5, 5.41) is 5.21. The zero-order chi connectivity index (χ0) is 14.7. The Balaban J connectivity index is 0.00000176. The number of thiophene rings is 1. The number of rotatable bonds is 3.